The Balaban J connectivity index is 2.36. The number of rotatable bonds is 8. The van der Waals surface area contributed by atoms with Crippen molar-refractivity contribution < 1.29 is 22.7 Å². The minimum atomic E-state index is -3.14. The highest BCUT2D eigenvalue weighted by Gasteiger charge is 2.13. The molecule has 8 heteroatoms. The Kier molecular flexibility index (Phi) is 6.10. The fourth-order valence-electron chi connectivity index (χ4n) is 2.08. The molecule has 0 spiro atoms. The molecule has 25 heavy (non-hydrogen) atoms. The molecule has 1 aromatic heterocycles. The second-order valence-corrected chi connectivity index (χ2v) is 5.07. The van der Waals surface area contributed by atoms with Crippen molar-refractivity contribution in [2.45, 2.75) is 20.0 Å². The number of aromatic nitrogens is 1. The number of nitrogens with one attached hydrogen (secondary N) is 2. The van der Waals surface area contributed by atoms with Crippen LogP contribution in [0.2, 0.25) is 0 Å². The van der Waals surface area contributed by atoms with Gasteiger partial charge in [-0.15, -0.1) is 0 Å². The lowest BCUT2D eigenvalue weighted by Crippen LogP contribution is -2.14. The number of alkyl halides is 2. The summed E-state index contributed by atoms with van der Waals surface area (Å²) in [7, 11) is 0. The van der Waals surface area contributed by atoms with Crippen LogP contribution in [0.1, 0.15) is 19.0 Å². The van der Waals surface area contributed by atoms with Gasteiger partial charge in [0.2, 0.25) is 0 Å². The largest absolute Gasteiger partial charge is 0.432 e. The molecule has 5 nitrogen and oxygen atoms in total. The molecule has 2 aromatic rings. The number of carbonyl (C=O) groups excluding carboxylic acids is 1. The number of pyridine rings is 1. The van der Waals surface area contributed by atoms with E-state index in [0.29, 0.717) is 28.9 Å². The van der Waals surface area contributed by atoms with E-state index >= 15 is 0 Å². The number of benzene rings is 1. The number of ether oxygens (including phenoxy) is 1. The zero-order valence-corrected chi connectivity index (χ0v) is 13.4. The maximum Gasteiger partial charge on any atom is 0.387 e. The number of nitrogens with zero attached hydrogens (tertiary/aromatic N) is 1. The third kappa shape index (κ3) is 4.79. The van der Waals surface area contributed by atoms with Crippen molar-refractivity contribution in [2.24, 2.45) is 0 Å². The van der Waals surface area contributed by atoms with Crippen molar-refractivity contribution in [3.63, 3.8) is 0 Å². The van der Waals surface area contributed by atoms with E-state index in [0.717, 1.165) is 18.3 Å². The average molecular weight is 351 g/mol. The summed E-state index contributed by atoms with van der Waals surface area (Å²) in [6, 6.07) is 5.17. The predicted octanol–water partition coefficient (Wildman–Crippen LogP) is 3.88. The number of hydrogen-bond donors (Lipinski definition) is 2. The van der Waals surface area contributed by atoms with Gasteiger partial charge in [-0.25, -0.2) is 4.39 Å². The van der Waals surface area contributed by atoms with Crippen LogP contribution in [-0.4, -0.2) is 30.1 Å². The van der Waals surface area contributed by atoms with Crippen LogP contribution < -0.4 is 10.1 Å². The molecule has 0 saturated carbocycles. The summed E-state index contributed by atoms with van der Waals surface area (Å²) < 4.78 is 42.4. The fourth-order valence-corrected chi connectivity index (χ4v) is 2.08. The summed E-state index contributed by atoms with van der Waals surface area (Å²) in [6.45, 7) is -1.33. The third-order valence-electron chi connectivity index (χ3n) is 3.41. The van der Waals surface area contributed by atoms with Gasteiger partial charge >= 0.3 is 6.61 Å². The van der Waals surface area contributed by atoms with Gasteiger partial charge < -0.3 is 15.5 Å². The lowest BCUT2D eigenvalue weighted by Gasteiger charge is -2.12. The van der Waals surface area contributed by atoms with E-state index in [2.05, 4.69) is 15.0 Å². The molecule has 0 radical (unpaired) electrons. The number of ketones is 1. The Morgan fingerprint density at radius 1 is 1.36 bits per heavy atom. The smallest absolute Gasteiger partial charge is 0.387 e. The summed E-state index contributed by atoms with van der Waals surface area (Å²) in [5.74, 6) is -1.49. The van der Waals surface area contributed by atoms with E-state index in [9.17, 15) is 18.0 Å². The minimum Gasteiger partial charge on any atom is -0.432 e. The zero-order chi connectivity index (χ0) is 18.4. The van der Waals surface area contributed by atoms with Crippen molar-refractivity contribution in [1.82, 2.24) is 4.98 Å². The molecular formula is C17H16F3N3O2. The molecule has 132 valence electrons. The first-order valence-electron chi connectivity index (χ1n) is 7.45. The average Bonchev–Trinajstić information content (AvgIpc) is 2.60. The van der Waals surface area contributed by atoms with Crippen LogP contribution in [-0.2, 0) is 4.79 Å². The van der Waals surface area contributed by atoms with Gasteiger partial charge in [-0.2, -0.15) is 8.78 Å². The molecule has 1 aromatic carbocycles. The number of anilines is 1. The first kappa shape index (κ1) is 18.4. The van der Waals surface area contributed by atoms with Gasteiger partial charge in [0.05, 0.1) is 12.2 Å². The third-order valence-corrected chi connectivity index (χ3v) is 3.41. The van der Waals surface area contributed by atoms with E-state index in [1.807, 2.05) is 0 Å². The van der Waals surface area contributed by atoms with E-state index in [-0.39, 0.29) is 12.3 Å². The fraction of sp³-hybridized carbons (Fsp3) is 0.235. The van der Waals surface area contributed by atoms with Gasteiger partial charge in [0.25, 0.3) is 0 Å². The predicted molar refractivity (Wildman–Crippen MR) is 87.9 cm³/mol. The van der Waals surface area contributed by atoms with E-state index in [1.165, 1.54) is 12.3 Å². The maximum atomic E-state index is 13.5. The molecule has 0 bridgehead atoms. The number of Topliss-reactive ketones (excluding diaryl/α,β-unsaturated/α-hetero) is 1. The Bertz CT molecular complexity index is 782. The first-order chi connectivity index (χ1) is 11.9. The van der Waals surface area contributed by atoms with E-state index in [4.69, 9.17) is 5.41 Å². The van der Waals surface area contributed by atoms with Gasteiger partial charge in [0.15, 0.2) is 17.3 Å². The first-order valence-corrected chi connectivity index (χ1v) is 7.45. The van der Waals surface area contributed by atoms with Gasteiger partial charge in [-0.3, -0.25) is 9.78 Å². The molecular weight excluding hydrogens is 335 g/mol. The summed E-state index contributed by atoms with van der Waals surface area (Å²) in [5.41, 5.74) is 1.66. The molecule has 2 rings (SSSR count). The lowest BCUT2D eigenvalue weighted by molar-refractivity contribution is -0.117. The van der Waals surface area contributed by atoms with Gasteiger partial charge in [-0.05, 0) is 23.8 Å². The highest BCUT2D eigenvalue weighted by atomic mass is 19.3. The summed E-state index contributed by atoms with van der Waals surface area (Å²) >= 11 is 0. The lowest BCUT2D eigenvalue weighted by atomic mass is 10.1. The Morgan fingerprint density at radius 2 is 2.12 bits per heavy atom. The maximum absolute atomic E-state index is 13.5. The van der Waals surface area contributed by atoms with Crippen LogP contribution in [0.3, 0.4) is 0 Å². The second kappa shape index (κ2) is 8.27. The molecule has 1 heterocycles. The molecule has 0 aliphatic carbocycles. The van der Waals surface area contributed by atoms with Crippen molar-refractivity contribution in [3.05, 3.63) is 42.0 Å². The van der Waals surface area contributed by atoms with Crippen molar-refractivity contribution in [2.75, 3.05) is 11.9 Å². The van der Waals surface area contributed by atoms with Gasteiger partial charge in [0, 0.05) is 24.4 Å². The number of hydrogen-bond acceptors (Lipinski definition) is 5. The van der Waals surface area contributed by atoms with E-state index in [1.54, 1.807) is 13.0 Å². The van der Waals surface area contributed by atoms with Crippen LogP contribution >= 0.6 is 0 Å². The molecule has 2 N–H and O–H groups in total. The van der Waals surface area contributed by atoms with E-state index < -0.39 is 18.2 Å². The standard InChI is InChI=1S/C17H16F3N3O2/c1-2-12(24)9-23-14-5-11(8-22-15(14)7-21)10-3-4-13(18)16(6-10)25-17(19)20/h3-8,17,21,23H,2,9H2,1H3. The second-order valence-electron chi connectivity index (χ2n) is 5.07. The van der Waals surface area contributed by atoms with Gasteiger partial charge in [0.1, 0.15) is 5.69 Å². The zero-order valence-electron chi connectivity index (χ0n) is 13.4. The normalized spacial score (nSPS) is 10.6. The highest BCUT2D eigenvalue weighted by Crippen LogP contribution is 2.29. The topological polar surface area (TPSA) is 75.1 Å². The van der Waals surface area contributed by atoms with Crippen molar-refractivity contribution in [3.8, 4) is 16.9 Å². The van der Waals surface area contributed by atoms with Crippen LogP contribution in [0.4, 0.5) is 18.9 Å². The molecule has 0 aliphatic rings. The highest BCUT2D eigenvalue weighted by molar-refractivity contribution is 5.88. The Labute approximate surface area is 142 Å². The van der Waals surface area contributed by atoms with Crippen molar-refractivity contribution in [1.29, 1.82) is 5.41 Å². The quantitative estimate of drug-likeness (QED) is 0.708. The summed E-state index contributed by atoms with van der Waals surface area (Å²) in [6.07, 6.45) is 2.82. The molecule has 0 unspecified atom stereocenters. The Morgan fingerprint density at radius 3 is 2.76 bits per heavy atom. The number of halogens is 3. The van der Waals surface area contributed by atoms with Gasteiger partial charge in [-0.1, -0.05) is 13.0 Å². The van der Waals surface area contributed by atoms with Crippen LogP contribution in [0.5, 0.6) is 5.75 Å². The van der Waals surface area contributed by atoms with Crippen molar-refractivity contribution >= 4 is 17.7 Å². The molecule has 0 atom stereocenters. The summed E-state index contributed by atoms with van der Waals surface area (Å²) in [4.78, 5) is 15.5. The molecule has 0 aliphatic heterocycles. The van der Waals surface area contributed by atoms with Crippen LogP contribution in [0.15, 0.2) is 30.5 Å². The molecule has 0 fully saturated rings. The molecule has 0 amide bonds. The number of carbonyl (C=O) groups is 1. The monoisotopic (exact) mass is 351 g/mol. The molecule has 0 saturated heterocycles. The minimum absolute atomic E-state index is 0.0178. The van der Waals surface area contributed by atoms with Crippen LogP contribution in [0.25, 0.3) is 11.1 Å². The SMILES string of the molecule is CCC(=O)CNc1cc(-c2ccc(F)c(OC(F)F)c2)cnc1C=N. The van der Waals surface area contributed by atoms with Crippen LogP contribution in [0, 0.1) is 11.2 Å². The Hall–Kier alpha value is -2.90. The summed E-state index contributed by atoms with van der Waals surface area (Å²) in [5, 5.41) is 10.3.